The van der Waals surface area contributed by atoms with Crippen molar-refractivity contribution in [1.82, 2.24) is 19.3 Å². The molecule has 0 aliphatic carbocycles. The Balaban J connectivity index is 2.31. The van der Waals surface area contributed by atoms with E-state index in [0.29, 0.717) is 6.54 Å². The largest absolute Gasteiger partial charge is 0.248 e. The third-order valence-corrected chi connectivity index (χ3v) is 4.30. The minimum atomic E-state index is -3.39. The highest BCUT2D eigenvalue weighted by Crippen LogP contribution is 2.15. The topological polar surface area (TPSA) is 68.1 Å². The van der Waals surface area contributed by atoms with Crippen LogP contribution in [0.25, 0.3) is 0 Å². The van der Waals surface area contributed by atoms with E-state index in [0.717, 1.165) is 5.56 Å². The lowest BCUT2D eigenvalue weighted by molar-refractivity contribution is 0.520. The van der Waals surface area contributed by atoms with Crippen LogP contribution in [0, 0.1) is 0 Å². The molecule has 7 heteroatoms. The molecule has 2 aromatic rings. The fraction of sp³-hybridized carbons (Fsp3) is 0.273. The molecule has 1 heterocycles. The average molecular weight is 266 g/mol. The first-order valence-corrected chi connectivity index (χ1v) is 6.80. The summed E-state index contributed by atoms with van der Waals surface area (Å²) in [7, 11) is -0.364. The summed E-state index contributed by atoms with van der Waals surface area (Å²) < 4.78 is 26.8. The van der Waals surface area contributed by atoms with Gasteiger partial charge in [0, 0.05) is 20.3 Å². The van der Waals surface area contributed by atoms with Crippen molar-refractivity contribution in [1.29, 1.82) is 0 Å². The molecule has 0 spiro atoms. The van der Waals surface area contributed by atoms with Crippen LogP contribution < -0.4 is 0 Å². The van der Waals surface area contributed by atoms with Crippen LogP contribution in [-0.4, -0.2) is 41.8 Å². The van der Waals surface area contributed by atoms with Crippen LogP contribution in [0.5, 0.6) is 0 Å². The second kappa shape index (κ2) is 4.87. The second-order valence-corrected chi connectivity index (χ2v) is 6.19. The molecule has 0 saturated heterocycles. The maximum absolute atomic E-state index is 12.0. The van der Waals surface area contributed by atoms with Crippen molar-refractivity contribution in [2.75, 3.05) is 14.1 Å². The quantitative estimate of drug-likeness (QED) is 0.811. The Morgan fingerprint density at radius 1 is 1.33 bits per heavy atom. The molecule has 1 aromatic heterocycles. The van der Waals surface area contributed by atoms with Crippen molar-refractivity contribution in [3.63, 3.8) is 0 Å². The zero-order valence-corrected chi connectivity index (χ0v) is 11.0. The van der Waals surface area contributed by atoms with Gasteiger partial charge in [0.15, 0.2) is 0 Å². The van der Waals surface area contributed by atoms with Crippen molar-refractivity contribution in [2.45, 2.75) is 11.4 Å². The number of benzene rings is 1. The van der Waals surface area contributed by atoms with Crippen molar-refractivity contribution in [3.05, 3.63) is 42.2 Å². The monoisotopic (exact) mass is 266 g/mol. The highest BCUT2D eigenvalue weighted by atomic mass is 32.2. The van der Waals surface area contributed by atoms with E-state index in [2.05, 4.69) is 10.3 Å². The Hall–Kier alpha value is -1.73. The third-order valence-electron chi connectivity index (χ3n) is 2.49. The van der Waals surface area contributed by atoms with Gasteiger partial charge in [0.05, 0.1) is 17.6 Å². The van der Waals surface area contributed by atoms with Crippen molar-refractivity contribution < 1.29 is 8.42 Å². The molecule has 0 amide bonds. The van der Waals surface area contributed by atoms with Crippen molar-refractivity contribution >= 4 is 10.0 Å². The van der Waals surface area contributed by atoms with E-state index in [9.17, 15) is 8.42 Å². The maximum atomic E-state index is 12.0. The van der Waals surface area contributed by atoms with Gasteiger partial charge in [-0.3, -0.25) is 0 Å². The Bertz CT molecular complexity index is 620. The lowest BCUT2D eigenvalue weighted by Crippen LogP contribution is -2.22. The summed E-state index contributed by atoms with van der Waals surface area (Å²) in [5.74, 6) is 0. The first-order chi connectivity index (χ1) is 8.50. The molecular formula is C11H14N4O2S. The summed E-state index contributed by atoms with van der Waals surface area (Å²) in [6, 6.07) is 6.82. The number of rotatable bonds is 4. The smallest absolute Gasteiger partial charge is 0.242 e. The van der Waals surface area contributed by atoms with E-state index in [-0.39, 0.29) is 4.90 Å². The number of sulfonamides is 1. The van der Waals surface area contributed by atoms with Gasteiger partial charge in [0.1, 0.15) is 0 Å². The van der Waals surface area contributed by atoms with Gasteiger partial charge < -0.3 is 0 Å². The predicted octanol–water partition coefficient (Wildman–Crippen LogP) is 0.577. The molecule has 0 bridgehead atoms. The molecule has 1 aromatic carbocycles. The number of nitrogens with zero attached hydrogens (tertiary/aromatic N) is 4. The normalized spacial score (nSPS) is 11.9. The van der Waals surface area contributed by atoms with Crippen LogP contribution in [0.2, 0.25) is 0 Å². The fourth-order valence-electron chi connectivity index (χ4n) is 1.52. The molecular weight excluding hydrogens is 252 g/mol. The Morgan fingerprint density at radius 2 is 2.11 bits per heavy atom. The van der Waals surface area contributed by atoms with Gasteiger partial charge in [0.25, 0.3) is 0 Å². The lowest BCUT2D eigenvalue weighted by Gasteiger charge is -2.12. The Morgan fingerprint density at radius 3 is 2.72 bits per heavy atom. The zero-order valence-electron chi connectivity index (χ0n) is 10.2. The van der Waals surface area contributed by atoms with Gasteiger partial charge in [-0.25, -0.2) is 17.4 Å². The fourth-order valence-corrected chi connectivity index (χ4v) is 2.49. The van der Waals surface area contributed by atoms with Crippen LogP contribution in [0.4, 0.5) is 0 Å². The van der Waals surface area contributed by atoms with Crippen LogP contribution in [0.1, 0.15) is 5.56 Å². The Kier molecular flexibility index (Phi) is 3.44. The van der Waals surface area contributed by atoms with Crippen molar-refractivity contribution in [3.8, 4) is 0 Å². The molecule has 2 rings (SSSR count). The predicted molar refractivity (Wildman–Crippen MR) is 66.4 cm³/mol. The first-order valence-electron chi connectivity index (χ1n) is 5.36. The molecule has 0 fully saturated rings. The third kappa shape index (κ3) is 2.57. The highest BCUT2D eigenvalue weighted by Gasteiger charge is 2.17. The first kappa shape index (κ1) is 12.7. The van der Waals surface area contributed by atoms with E-state index < -0.39 is 10.0 Å². The number of aromatic nitrogens is 3. The molecule has 0 saturated carbocycles. The molecule has 0 N–H and O–H groups in total. The zero-order chi connectivity index (χ0) is 13.2. The summed E-state index contributed by atoms with van der Waals surface area (Å²) >= 11 is 0. The van der Waals surface area contributed by atoms with Crippen LogP contribution in [-0.2, 0) is 16.6 Å². The minimum Gasteiger partial charge on any atom is -0.248 e. The van der Waals surface area contributed by atoms with Crippen LogP contribution in [0.3, 0.4) is 0 Å². The van der Waals surface area contributed by atoms with Gasteiger partial charge in [-0.2, -0.15) is 0 Å². The molecule has 6 nitrogen and oxygen atoms in total. The summed E-state index contributed by atoms with van der Waals surface area (Å²) in [6.45, 7) is 0.497. The van der Waals surface area contributed by atoms with E-state index in [1.807, 2.05) is 6.07 Å². The van der Waals surface area contributed by atoms with Gasteiger partial charge in [0.2, 0.25) is 10.0 Å². The molecule has 0 aliphatic rings. The molecule has 18 heavy (non-hydrogen) atoms. The summed E-state index contributed by atoms with van der Waals surface area (Å²) in [5.41, 5.74) is 0.864. The lowest BCUT2D eigenvalue weighted by atomic mass is 10.2. The molecule has 0 aliphatic heterocycles. The highest BCUT2D eigenvalue weighted by molar-refractivity contribution is 7.89. The summed E-state index contributed by atoms with van der Waals surface area (Å²) in [5, 5.41) is 7.55. The standard InChI is InChI=1S/C11H14N4O2S/c1-14(2)18(16,17)11-5-3-4-10(8-11)9-15-7-6-12-13-15/h3-8H,9H2,1-2H3. The van der Waals surface area contributed by atoms with Crippen molar-refractivity contribution in [2.24, 2.45) is 0 Å². The van der Waals surface area contributed by atoms with Gasteiger partial charge in [-0.1, -0.05) is 17.3 Å². The average Bonchev–Trinajstić information content (AvgIpc) is 2.82. The number of hydrogen-bond donors (Lipinski definition) is 0. The van der Waals surface area contributed by atoms with E-state index in [1.165, 1.54) is 18.4 Å². The molecule has 0 unspecified atom stereocenters. The SMILES string of the molecule is CN(C)S(=O)(=O)c1cccc(Cn2ccnn2)c1. The summed E-state index contributed by atoms with van der Waals surface area (Å²) in [6.07, 6.45) is 3.31. The minimum absolute atomic E-state index is 0.283. The summed E-state index contributed by atoms with van der Waals surface area (Å²) in [4.78, 5) is 0.283. The maximum Gasteiger partial charge on any atom is 0.242 e. The van der Waals surface area contributed by atoms with E-state index >= 15 is 0 Å². The molecule has 0 atom stereocenters. The van der Waals surface area contributed by atoms with Gasteiger partial charge >= 0.3 is 0 Å². The van der Waals surface area contributed by atoms with E-state index in [1.54, 1.807) is 35.3 Å². The Labute approximate surface area is 106 Å². The van der Waals surface area contributed by atoms with E-state index in [4.69, 9.17) is 0 Å². The van der Waals surface area contributed by atoms with Gasteiger partial charge in [-0.05, 0) is 17.7 Å². The van der Waals surface area contributed by atoms with Crippen LogP contribution in [0.15, 0.2) is 41.6 Å². The van der Waals surface area contributed by atoms with Gasteiger partial charge in [-0.15, -0.1) is 5.10 Å². The molecule has 96 valence electrons. The number of hydrogen-bond acceptors (Lipinski definition) is 4. The molecule has 0 radical (unpaired) electrons. The second-order valence-electron chi connectivity index (χ2n) is 4.04. The van der Waals surface area contributed by atoms with Crippen LogP contribution >= 0.6 is 0 Å².